The molecule has 1 aliphatic rings. The smallest absolute Gasteiger partial charge is 0.0790 e. The third-order valence-electron chi connectivity index (χ3n) is 2.45. The van der Waals surface area contributed by atoms with E-state index in [1.54, 1.807) is 0 Å². The van der Waals surface area contributed by atoms with Crippen molar-refractivity contribution in [3.8, 4) is 0 Å². The summed E-state index contributed by atoms with van der Waals surface area (Å²) in [5.41, 5.74) is 1.21. The van der Waals surface area contributed by atoms with Crippen LogP contribution in [0.3, 0.4) is 0 Å². The van der Waals surface area contributed by atoms with Gasteiger partial charge in [-0.2, -0.15) is 0 Å². The molecule has 1 N–H and O–H groups in total. The Morgan fingerprint density at radius 1 is 1.33 bits per heavy atom. The highest BCUT2D eigenvalue weighted by molar-refractivity contribution is 7.99. The van der Waals surface area contributed by atoms with E-state index >= 15 is 0 Å². The van der Waals surface area contributed by atoms with Crippen LogP contribution in [0, 0.1) is 5.92 Å². The molecule has 0 aromatic heterocycles. The zero-order valence-corrected chi connectivity index (χ0v) is 10.8. The highest BCUT2D eigenvalue weighted by Crippen LogP contribution is 2.34. The second-order valence-electron chi connectivity index (χ2n) is 3.90. The van der Waals surface area contributed by atoms with Crippen LogP contribution >= 0.6 is 35.0 Å². The minimum absolute atomic E-state index is 0.357. The monoisotopic (exact) mass is 261 g/mol. The first-order valence-corrected chi connectivity index (χ1v) is 6.77. The molecule has 0 amide bonds. The molecule has 0 saturated carbocycles. The van der Waals surface area contributed by atoms with E-state index in [1.807, 2.05) is 30.0 Å². The van der Waals surface area contributed by atoms with Crippen molar-refractivity contribution in [3.63, 3.8) is 0 Å². The normalized spacial score (nSPS) is 26.6. The van der Waals surface area contributed by atoms with Gasteiger partial charge >= 0.3 is 0 Å². The molecular formula is C11H13Cl2NS. The summed E-state index contributed by atoms with van der Waals surface area (Å²) in [6.07, 6.45) is 0. The van der Waals surface area contributed by atoms with E-state index in [0.717, 1.165) is 12.5 Å². The van der Waals surface area contributed by atoms with E-state index in [-0.39, 0.29) is 0 Å². The quantitative estimate of drug-likeness (QED) is 0.822. The first kappa shape index (κ1) is 11.6. The van der Waals surface area contributed by atoms with Gasteiger partial charge < -0.3 is 5.32 Å². The molecule has 1 aromatic rings. The largest absolute Gasteiger partial charge is 0.301 e. The Balaban J connectivity index is 2.12. The van der Waals surface area contributed by atoms with Gasteiger partial charge in [0.15, 0.2) is 0 Å². The Kier molecular flexibility index (Phi) is 3.83. The lowest BCUT2D eigenvalue weighted by atomic mass is 10.2. The summed E-state index contributed by atoms with van der Waals surface area (Å²) >= 11 is 13.8. The van der Waals surface area contributed by atoms with Crippen LogP contribution in [0.1, 0.15) is 17.9 Å². The first-order valence-electron chi connectivity index (χ1n) is 4.97. The van der Waals surface area contributed by atoms with Crippen LogP contribution in [0.5, 0.6) is 0 Å². The summed E-state index contributed by atoms with van der Waals surface area (Å²) in [6.45, 7) is 3.32. The maximum atomic E-state index is 5.99. The van der Waals surface area contributed by atoms with Gasteiger partial charge in [0, 0.05) is 0 Å². The minimum Gasteiger partial charge on any atom is -0.301 e. The van der Waals surface area contributed by atoms with Gasteiger partial charge in [-0.15, -0.1) is 11.8 Å². The fourth-order valence-corrected chi connectivity index (χ4v) is 3.07. The summed E-state index contributed by atoms with van der Waals surface area (Å²) in [4.78, 5) is 0. The molecule has 1 aliphatic heterocycles. The number of nitrogens with one attached hydrogen (secondary N) is 1. The molecule has 15 heavy (non-hydrogen) atoms. The van der Waals surface area contributed by atoms with Crippen molar-refractivity contribution in [2.75, 3.05) is 12.3 Å². The van der Waals surface area contributed by atoms with E-state index in [0.29, 0.717) is 15.4 Å². The lowest BCUT2D eigenvalue weighted by Crippen LogP contribution is -2.31. The van der Waals surface area contributed by atoms with Crippen LogP contribution in [-0.4, -0.2) is 12.3 Å². The summed E-state index contributed by atoms with van der Waals surface area (Å²) in [6, 6.07) is 5.85. The zero-order valence-electron chi connectivity index (χ0n) is 8.47. The number of rotatable bonds is 1. The molecule has 0 aliphatic carbocycles. The van der Waals surface area contributed by atoms with Gasteiger partial charge in [0.1, 0.15) is 0 Å². The topological polar surface area (TPSA) is 12.0 Å². The highest BCUT2D eigenvalue weighted by atomic mass is 35.5. The average Bonchev–Trinajstić information content (AvgIpc) is 2.23. The van der Waals surface area contributed by atoms with Gasteiger partial charge in [-0.05, 0) is 35.9 Å². The number of halogens is 2. The van der Waals surface area contributed by atoms with Crippen LogP contribution in [0.4, 0.5) is 0 Å². The Morgan fingerprint density at radius 2 is 2.13 bits per heavy atom. The van der Waals surface area contributed by atoms with Crippen LogP contribution in [0.25, 0.3) is 0 Å². The third kappa shape index (κ3) is 2.82. The highest BCUT2D eigenvalue weighted by Gasteiger charge is 2.19. The van der Waals surface area contributed by atoms with Crippen molar-refractivity contribution < 1.29 is 0 Å². The summed E-state index contributed by atoms with van der Waals surface area (Å²) in [7, 11) is 0. The zero-order chi connectivity index (χ0) is 10.8. The van der Waals surface area contributed by atoms with E-state index < -0.39 is 0 Å². The van der Waals surface area contributed by atoms with Gasteiger partial charge in [0.2, 0.25) is 0 Å². The molecule has 4 heteroatoms. The molecule has 1 fully saturated rings. The second-order valence-corrected chi connectivity index (χ2v) is 5.85. The van der Waals surface area contributed by atoms with Crippen molar-refractivity contribution >= 4 is 35.0 Å². The maximum Gasteiger partial charge on any atom is 0.0790 e. The van der Waals surface area contributed by atoms with E-state index in [9.17, 15) is 0 Å². The molecule has 2 unspecified atom stereocenters. The molecule has 2 atom stereocenters. The maximum absolute atomic E-state index is 5.99. The molecule has 0 bridgehead atoms. The molecule has 0 spiro atoms. The van der Waals surface area contributed by atoms with Crippen LogP contribution < -0.4 is 5.32 Å². The summed E-state index contributed by atoms with van der Waals surface area (Å²) in [5, 5.41) is 5.10. The molecule has 0 radical (unpaired) electrons. The van der Waals surface area contributed by atoms with Gasteiger partial charge in [-0.3, -0.25) is 0 Å². The van der Waals surface area contributed by atoms with Gasteiger partial charge in [-0.25, -0.2) is 0 Å². The Hall–Kier alpha value is 0.110. The molecular weight excluding hydrogens is 249 g/mol. The SMILES string of the molecule is CC1CNC(c2ccc(Cl)c(Cl)c2)SC1. The van der Waals surface area contributed by atoms with Gasteiger partial charge in [0.05, 0.1) is 15.4 Å². The lowest BCUT2D eigenvalue weighted by molar-refractivity contribution is 0.529. The second kappa shape index (κ2) is 4.96. The number of thioether (sulfide) groups is 1. The molecule has 2 rings (SSSR count). The van der Waals surface area contributed by atoms with Crippen LogP contribution in [0.2, 0.25) is 10.0 Å². The van der Waals surface area contributed by atoms with Crippen molar-refractivity contribution in [1.82, 2.24) is 5.32 Å². The van der Waals surface area contributed by atoms with Crippen molar-refractivity contribution in [3.05, 3.63) is 33.8 Å². The van der Waals surface area contributed by atoms with E-state index in [4.69, 9.17) is 23.2 Å². The average molecular weight is 262 g/mol. The minimum atomic E-state index is 0.357. The standard InChI is InChI=1S/C11H13Cl2NS/c1-7-5-14-11(15-6-7)8-2-3-9(12)10(13)4-8/h2-4,7,11,14H,5-6H2,1H3. The van der Waals surface area contributed by atoms with E-state index in [1.165, 1.54) is 11.3 Å². The molecule has 1 nitrogen and oxygen atoms in total. The predicted molar refractivity (Wildman–Crippen MR) is 68.8 cm³/mol. The van der Waals surface area contributed by atoms with Crippen LogP contribution in [0.15, 0.2) is 18.2 Å². The Morgan fingerprint density at radius 3 is 2.73 bits per heavy atom. The fourth-order valence-electron chi connectivity index (χ4n) is 1.58. The van der Waals surface area contributed by atoms with E-state index in [2.05, 4.69) is 12.2 Å². The Labute approximate surface area is 105 Å². The number of benzene rings is 1. The van der Waals surface area contributed by atoms with Gasteiger partial charge in [0.25, 0.3) is 0 Å². The fraction of sp³-hybridized carbons (Fsp3) is 0.455. The third-order valence-corrected chi connectivity index (χ3v) is 4.72. The molecule has 82 valence electrons. The Bertz CT molecular complexity index is 348. The summed E-state index contributed by atoms with van der Waals surface area (Å²) in [5.74, 6) is 1.94. The molecule has 1 heterocycles. The first-order chi connectivity index (χ1) is 7.16. The van der Waals surface area contributed by atoms with Crippen molar-refractivity contribution in [2.45, 2.75) is 12.3 Å². The molecule has 1 aromatic carbocycles. The number of hydrogen-bond donors (Lipinski definition) is 1. The summed E-state index contributed by atoms with van der Waals surface area (Å²) < 4.78 is 0. The predicted octanol–water partition coefficient (Wildman–Crippen LogP) is 3.96. The van der Waals surface area contributed by atoms with Crippen molar-refractivity contribution in [2.24, 2.45) is 5.92 Å². The lowest BCUT2D eigenvalue weighted by Gasteiger charge is -2.27. The number of hydrogen-bond acceptors (Lipinski definition) is 2. The van der Waals surface area contributed by atoms with Crippen molar-refractivity contribution in [1.29, 1.82) is 0 Å². The molecule has 1 saturated heterocycles. The van der Waals surface area contributed by atoms with Crippen LogP contribution in [-0.2, 0) is 0 Å². The van der Waals surface area contributed by atoms with Gasteiger partial charge in [-0.1, -0.05) is 36.2 Å².